The van der Waals surface area contributed by atoms with E-state index >= 15 is 0 Å². The van der Waals surface area contributed by atoms with Crippen LogP contribution in [0.2, 0.25) is 0 Å². The van der Waals surface area contributed by atoms with Crippen molar-refractivity contribution in [2.45, 2.75) is 0 Å². The molecule has 0 aliphatic rings. The SMILES string of the molecule is C=C=O.F. The average Bonchev–Trinajstić information content (AvgIpc) is 0.918. The van der Waals surface area contributed by atoms with Crippen molar-refractivity contribution in [3.05, 3.63) is 6.58 Å². The normalized spacial score (nSPS) is 2.00. The van der Waals surface area contributed by atoms with E-state index in [9.17, 15) is 0 Å². The summed E-state index contributed by atoms with van der Waals surface area (Å²) in [5.74, 6) is 1.25. The molecular formula is C2H3FO. The van der Waals surface area contributed by atoms with E-state index in [1.54, 1.807) is 0 Å². The van der Waals surface area contributed by atoms with Gasteiger partial charge in [-0.05, 0) is 6.58 Å². The van der Waals surface area contributed by atoms with Crippen LogP contribution in [0.5, 0.6) is 0 Å². The summed E-state index contributed by atoms with van der Waals surface area (Å²) in [6.07, 6.45) is 0. The van der Waals surface area contributed by atoms with Crippen LogP contribution in [0.15, 0.2) is 6.58 Å². The Hall–Kier alpha value is -0.620. The molecule has 4 heavy (non-hydrogen) atoms. The Morgan fingerprint density at radius 2 is 1.75 bits per heavy atom. The summed E-state index contributed by atoms with van der Waals surface area (Å²) in [4.78, 5) is 8.57. The van der Waals surface area contributed by atoms with Crippen LogP contribution in [0.1, 0.15) is 0 Å². The van der Waals surface area contributed by atoms with Crippen LogP contribution in [0, 0.1) is 0 Å². The molecule has 2 heteroatoms. The molecule has 0 aromatic heterocycles. The van der Waals surface area contributed by atoms with Crippen molar-refractivity contribution >= 4 is 5.94 Å². The molecule has 0 aromatic carbocycles. The van der Waals surface area contributed by atoms with Gasteiger partial charge in [-0.3, -0.25) is 4.70 Å². The smallest absolute Gasteiger partial charge is 0.116 e. The molecule has 0 heterocycles. The van der Waals surface area contributed by atoms with Gasteiger partial charge in [0, 0.05) is 0 Å². The highest BCUT2D eigenvalue weighted by Crippen LogP contribution is 0.894. The van der Waals surface area contributed by atoms with Crippen LogP contribution in [0.4, 0.5) is 4.70 Å². The van der Waals surface area contributed by atoms with Gasteiger partial charge < -0.3 is 0 Å². The standard InChI is InChI=1S/C2H2O.FH/c1-2-3;/h1H2;1H. The summed E-state index contributed by atoms with van der Waals surface area (Å²) in [5.41, 5.74) is 0. The number of carbonyl (C=O) groups excluding carboxylic acids is 1. The van der Waals surface area contributed by atoms with Gasteiger partial charge in [0.15, 0.2) is 0 Å². The topological polar surface area (TPSA) is 17.1 Å². The van der Waals surface area contributed by atoms with E-state index in [1.165, 1.54) is 5.94 Å². The summed E-state index contributed by atoms with van der Waals surface area (Å²) in [7, 11) is 0. The molecule has 0 N–H and O–H groups in total. The van der Waals surface area contributed by atoms with Gasteiger partial charge in [-0.1, -0.05) is 0 Å². The first-order valence-electron chi connectivity index (χ1n) is 0.558. The highest BCUT2D eigenvalue weighted by atomic mass is 19.0. The highest BCUT2D eigenvalue weighted by molar-refractivity contribution is 5.38. The van der Waals surface area contributed by atoms with Gasteiger partial charge in [0.1, 0.15) is 5.94 Å². The van der Waals surface area contributed by atoms with E-state index in [1.807, 2.05) is 0 Å². The lowest BCUT2D eigenvalue weighted by molar-refractivity contribution is 0.569. The van der Waals surface area contributed by atoms with Crippen LogP contribution in [0.3, 0.4) is 0 Å². The van der Waals surface area contributed by atoms with Crippen molar-refractivity contribution < 1.29 is 9.50 Å². The Morgan fingerprint density at radius 3 is 1.75 bits per heavy atom. The van der Waals surface area contributed by atoms with E-state index in [4.69, 9.17) is 4.79 Å². The minimum Gasteiger partial charge on any atom is -0.269 e. The van der Waals surface area contributed by atoms with E-state index in [-0.39, 0.29) is 4.70 Å². The number of rotatable bonds is 0. The Balaban J connectivity index is 0. The van der Waals surface area contributed by atoms with Crippen molar-refractivity contribution in [1.29, 1.82) is 0 Å². The number of halogens is 1. The van der Waals surface area contributed by atoms with Crippen LogP contribution in [-0.4, -0.2) is 5.94 Å². The lowest BCUT2D eigenvalue weighted by Crippen LogP contribution is -1.15. The fourth-order valence-corrected chi connectivity index (χ4v) is 0. The second-order valence-corrected chi connectivity index (χ2v) is 0.144. The van der Waals surface area contributed by atoms with Gasteiger partial charge in [0.25, 0.3) is 0 Å². The molecule has 0 spiro atoms. The minimum absolute atomic E-state index is 0. The molecule has 0 unspecified atom stereocenters. The molecule has 0 radical (unpaired) electrons. The van der Waals surface area contributed by atoms with E-state index in [2.05, 4.69) is 6.58 Å². The maximum atomic E-state index is 8.57. The predicted molar refractivity (Wildman–Crippen MR) is 13.8 cm³/mol. The molecule has 0 aromatic rings. The molecule has 0 saturated heterocycles. The largest absolute Gasteiger partial charge is 0.269 e. The molecule has 0 atom stereocenters. The number of hydrogen-bond donors (Lipinski definition) is 0. The average molecular weight is 62.0 g/mol. The van der Waals surface area contributed by atoms with Crippen LogP contribution < -0.4 is 0 Å². The summed E-state index contributed by atoms with van der Waals surface area (Å²) in [6.45, 7) is 2.68. The van der Waals surface area contributed by atoms with Gasteiger partial charge in [-0.15, -0.1) is 0 Å². The maximum Gasteiger partial charge on any atom is 0.116 e. The summed E-state index contributed by atoms with van der Waals surface area (Å²) < 4.78 is 0. The van der Waals surface area contributed by atoms with Crippen molar-refractivity contribution in [1.82, 2.24) is 0 Å². The second kappa shape index (κ2) is 31.4. The summed E-state index contributed by atoms with van der Waals surface area (Å²) in [6, 6.07) is 0. The first-order valence-corrected chi connectivity index (χ1v) is 0.558. The molecule has 0 bridgehead atoms. The Kier molecular flexibility index (Phi) is 78.9. The first-order chi connectivity index (χ1) is 1.41. The van der Waals surface area contributed by atoms with Crippen molar-refractivity contribution in [3.8, 4) is 0 Å². The fourth-order valence-electron chi connectivity index (χ4n) is 0. The zero-order valence-electron chi connectivity index (χ0n) is 2.02. The first kappa shape index (κ1) is 10.1. The third-order valence-corrected chi connectivity index (χ3v) is 0. The molecule has 0 rings (SSSR count). The van der Waals surface area contributed by atoms with Crippen LogP contribution >= 0.6 is 0 Å². The fraction of sp³-hybridized carbons (Fsp3) is 0. The van der Waals surface area contributed by atoms with Gasteiger partial charge >= 0.3 is 0 Å². The molecule has 0 aliphatic carbocycles. The molecule has 0 aliphatic heterocycles. The summed E-state index contributed by atoms with van der Waals surface area (Å²) in [5, 5.41) is 0. The quantitative estimate of drug-likeness (QED) is 0.365. The van der Waals surface area contributed by atoms with Crippen molar-refractivity contribution in [2.24, 2.45) is 0 Å². The minimum atomic E-state index is 0. The lowest BCUT2D eigenvalue weighted by Gasteiger charge is -1.02. The van der Waals surface area contributed by atoms with Gasteiger partial charge in [-0.2, -0.15) is 0 Å². The third-order valence-electron chi connectivity index (χ3n) is 0. The van der Waals surface area contributed by atoms with E-state index < -0.39 is 0 Å². The van der Waals surface area contributed by atoms with Gasteiger partial charge in [-0.25, -0.2) is 4.79 Å². The second-order valence-electron chi connectivity index (χ2n) is 0.144. The predicted octanol–water partition coefficient (Wildman–Crippen LogP) is 0.157. The van der Waals surface area contributed by atoms with Gasteiger partial charge in [0.2, 0.25) is 0 Å². The van der Waals surface area contributed by atoms with Crippen LogP contribution in [-0.2, 0) is 4.79 Å². The number of hydrogen-bond acceptors (Lipinski definition) is 1. The zero-order valence-corrected chi connectivity index (χ0v) is 2.02. The Bertz CT molecular complexity index is 27.0. The van der Waals surface area contributed by atoms with E-state index in [0.717, 1.165) is 0 Å². The maximum absolute atomic E-state index is 8.57. The summed E-state index contributed by atoms with van der Waals surface area (Å²) >= 11 is 0. The van der Waals surface area contributed by atoms with E-state index in [0.29, 0.717) is 0 Å². The van der Waals surface area contributed by atoms with Crippen LogP contribution in [0.25, 0.3) is 0 Å². The molecule has 0 fully saturated rings. The Labute approximate surface area is 23.3 Å². The van der Waals surface area contributed by atoms with Crippen molar-refractivity contribution in [2.75, 3.05) is 0 Å². The van der Waals surface area contributed by atoms with Gasteiger partial charge in [0.05, 0.1) is 0 Å². The highest BCUT2D eigenvalue weighted by Gasteiger charge is 1.01. The molecule has 24 valence electrons. The van der Waals surface area contributed by atoms with Crippen molar-refractivity contribution in [3.63, 3.8) is 0 Å². The molecule has 1 nitrogen and oxygen atoms in total. The zero-order chi connectivity index (χ0) is 2.71. The monoisotopic (exact) mass is 62.0 g/mol. The third kappa shape index (κ3) is 0.518. The molecular weight excluding hydrogens is 59.0 g/mol. The lowest BCUT2D eigenvalue weighted by atomic mass is 11.2. The Morgan fingerprint density at radius 1 is 1.75 bits per heavy atom. The molecule has 0 amide bonds. The molecule has 0 saturated carbocycles.